The van der Waals surface area contributed by atoms with Crippen LogP contribution in [0, 0.1) is 0 Å². The highest BCUT2D eigenvalue weighted by atomic mass is 16.4. The Labute approximate surface area is 95.7 Å². The first kappa shape index (κ1) is 11.1. The molecular formula is C13H17NO2. The molecule has 1 heterocycles. The average molecular weight is 219 g/mol. The second kappa shape index (κ2) is 5.12. The Morgan fingerprint density at radius 3 is 2.81 bits per heavy atom. The van der Waals surface area contributed by atoms with Gasteiger partial charge >= 0.3 is 5.97 Å². The second-order valence-corrected chi connectivity index (χ2v) is 4.35. The number of likely N-dealkylation sites (tertiary alicyclic amines) is 1. The molecule has 1 aromatic carbocycles. The zero-order valence-corrected chi connectivity index (χ0v) is 9.30. The molecule has 0 unspecified atom stereocenters. The van der Waals surface area contributed by atoms with Gasteiger partial charge in [-0.3, -0.25) is 9.69 Å². The predicted molar refractivity (Wildman–Crippen MR) is 62.1 cm³/mol. The third-order valence-electron chi connectivity index (χ3n) is 3.14. The van der Waals surface area contributed by atoms with Crippen LogP contribution in [0.25, 0.3) is 0 Å². The second-order valence-electron chi connectivity index (χ2n) is 4.35. The van der Waals surface area contributed by atoms with E-state index in [4.69, 9.17) is 5.11 Å². The number of hydrogen-bond acceptors (Lipinski definition) is 2. The molecular weight excluding hydrogens is 202 g/mol. The van der Waals surface area contributed by atoms with E-state index < -0.39 is 5.97 Å². The number of rotatable bonds is 4. The van der Waals surface area contributed by atoms with Gasteiger partial charge in [0.05, 0.1) is 6.42 Å². The molecule has 0 aromatic heterocycles. The topological polar surface area (TPSA) is 40.5 Å². The molecule has 1 aliphatic rings. The van der Waals surface area contributed by atoms with Crippen LogP contribution in [-0.4, -0.2) is 28.6 Å². The van der Waals surface area contributed by atoms with Crippen molar-refractivity contribution in [1.82, 2.24) is 4.90 Å². The number of nitrogens with zero attached hydrogens (tertiary/aromatic N) is 1. The largest absolute Gasteiger partial charge is 0.481 e. The van der Waals surface area contributed by atoms with E-state index >= 15 is 0 Å². The number of carboxylic acid groups (broad SMARTS) is 1. The highest BCUT2D eigenvalue weighted by molar-refractivity contribution is 5.67. The van der Waals surface area contributed by atoms with Gasteiger partial charge in [-0.05, 0) is 24.9 Å². The Balaban J connectivity index is 1.96. The van der Waals surface area contributed by atoms with E-state index in [1.54, 1.807) is 0 Å². The molecule has 3 nitrogen and oxygen atoms in total. The third kappa shape index (κ3) is 2.83. The predicted octanol–water partition coefficient (Wildman–Crippen LogP) is 2.13. The fourth-order valence-corrected chi connectivity index (χ4v) is 2.35. The fraction of sp³-hybridized carbons (Fsp3) is 0.462. The van der Waals surface area contributed by atoms with Gasteiger partial charge in [0.15, 0.2) is 0 Å². The molecule has 1 saturated heterocycles. The van der Waals surface area contributed by atoms with E-state index in [-0.39, 0.29) is 12.5 Å². The van der Waals surface area contributed by atoms with Crippen LogP contribution in [0.5, 0.6) is 0 Å². The molecule has 1 aliphatic heterocycles. The Morgan fingerprint density at radius 2 is 2.12 bits per heavy atom. The summed E-state index contributed by atoms with van der Waals surface area (Å²) in [7, 11) is 0. The van der Waals surface area contributed by atoms with Crippen LogP contribution in [0.4, 0.5) is 0 Å². The van der Waals surface area contributed by atoms with Gasteiger partial charge in [-0.25, -0.2) is 0 Å². The van der Waals surface area contributed by atoms with Crippen molar-refractivity contribution in [3.05, 3.63) is 35.9 Å². The first-order valence-corrected chi connectivity index (χ1v) is 5.75. The van der Waals surface area contributed by atoms with Crippen molar-refractivity contribution >= 4 is 5.97 Å². The summed E-state index contributed by atoms with van der Waals surface area (Å²) >= 11 is 0. The Morgan fingerprint density at radius 1 is 1.38 bits per heavy atom. The maximum atomic E-state index is 10.7. The van der Waals surface area contributed by atoms with Crippen molar-refractivity contribution in [1.29, 1.82) is 0 Å². The van der Waals surface area contributed by atoms with E-state index in [9.17, 15) is 4.79 Å². The highest BCUT2D eigenvalue weighted by Gasteiger charge is 2.26. The van der Waals surface area contributed by atoms with Crippen molar-refractivity contribution < 1.29 is 9.90 Å². The molecule has 0 radical (unpaired) electrons. The van der Waals surface area contributed by atoms with Crippen LogP contribution in [0.15, 0.2) is 30.3 Å². The van der Waals surface area contributed by atoms with Crippen LogP contribution in [-0.2, 0) is 11.3 Å². The Bertz CT molecular complexity index is 350. The zero-order valence-electron chi connectivity index (χ0n) is 9.30. The van der Waals surface area contributed by atoms with Gasteiger partial charge in [-0.15, -0.1) is 0 Å². The van der Waals surface area contributed by atoms with Crippen LogP contribution in [0.2, 0.25) is 0 Å². The quantitative estimate of drug-likeness (QED) is 0.843. The van der Waals surface area contributed by atoms with Crippen LogP contribution < -0.4 is 0 Å². The van der Waals surface area contributed by atoms with Crippen molar-refractivity contribution in [3.8, 4) is 0 Å². The molecule has 1 aromatic rings. The lowest BCUT2D eigenvalue weighted by Gasteiger charge is -2.23. The normalized spacial score (nSPS) is 21.1. The summed E-state index contributed by atoms with van der Waals surface area (Å²) in [6, 6.07) is 10.5. The molecule has 0 aliphatic carbocycles. The molecule has 3 heteroatoms. The first-order valence-electron chi connectivity index (χ1n) is 5.75. The molecule has 86 valence electrons. The van der Waals surface area contributed by atoms with E-state index in [2.05, 4.69) is 17.0 Å². The highest BCUT2D eigenvalue weighted by Crippen LogP contribution is 2.22. The number of aliphatic carboxylic acids is 1. The Hall–Kier alpha value is -1.35. The van der Waals surface area contributed by atoms with Crippen molar-refractivity contribution in [2.45, 2.75) is 31.8 Å². The summed E-state index contributed by atoms with van der Waals surface area (Å²) in [6.45, 7) is 1.89. The molecule has 0 spiro atoms. The lowest BCUT2D eigenvalue weighted by molar-refractivity contribution is -0.138. The third-order valence-corrected chi connectivity index (χ3v) is 3.14. The van der Waals surface area contributed by atoms with Gasteiger partial charge in [-0.2, -0.15) is 0 Å². The Kier molecular flexibility index (Phi) is 3.57. The van der Waals surface area contributed by atoms with Crippen LogP contribution in [0.1, 0.15) is 24.8 Å². The first-order chi connectivity index (χ1) is 7.75. The van der Waals surface area contributed by atoms with E-state index in [0.29, 0.717) is 0 Å². The maximum absolute atomic E-state index is 10.7. The molecule has 0 saturated carbocycles. The number of hydrogen-bond donors (Lipinski definition) is 1. The van der Waals surface area contributed by atoms with Crippen molar-refractivity contribution in [2.75, 3.05) is 6.54 Å². The molecule has 1 atom stereocenters. The van der Waals surface area contributed by atoms with Gasteiger partial charge in [0.25, 0.3) is 0 Å². The lowest BCUT2D eigenvalue weighted by atomic mass is 10.1. The molecule has 2 rings (SSSR count). The summed E-state index contributed by atoms with van der Waals surface area (Å²) in [5.41, 5.74) is 1.26. The standard InChI is InChI=1S/C13H17NO2/c15-13(16)9-12-7-4-8-14(12)10-11-5-2-1-3-6-11/h1-3,5-6,12H,4,7-10H2,(H,15,16)/t12-/m0/s1. The van der Waals surface area contributed by atoms with Crippen molar-refractivity contribution in [2.24, 2.45) is 0 Å². The van der Waals surface area contributed by atoms with E-state index in [1.807, 2.05) is 18.2 Å². The van der Waals surface area contributed by atoms with Crippen LogP contribution >= 0.6 is 0 Å². The minimum absolute atomic E-state index is 0.220. The summed E-state index contributed by atoms with van der Waals surface area (Å²) in [5.74, 6) is -0.690. The van der Waals surface area contributed by atoms with Gasteiger partial charge in [0.2, 0.25) is 0 Å². The maximum Gasteiger partial charge on any atom is 0.304 e. The van der Waals surface area contributed by atoms with Gasteiger partial charge in [0.1, 0.15) is 0 Å². The van der Waals surface area contributed by atoms with Gasteiger partial charge < -0.3 is 5.11 Å². The lowest BCUT2D eigenvalue weighted by Crippen LogP contribution is -2.30. The number of carboxylic acids is 1. The van der Waals surface area contributed by atoms with E-state index in [1.165, 1.54) is 5.56 Å². The smallest absolute Gasteiger partial charge is 0.304 e. The monoisotopic (exact) mass is 219 g/mol. The summed E-state index contributed by atoms with van der Waals surface area (Å²) in [6.07, 6.45) is 2.40. The minimum atomic E-state index is -0.690. The van der Waals surface area contributed by atoms with Crippen molar-refractivity contribution in [3.63, 3.8) is 0 Å². The SMILES string of the molecule is O=C(O)C[C@@H]1CCCN1Cc1ccccc1. The summed E-state index contributed by atoms with van der Waals surface area (Å²) in [4.78, 5) is 13.0. The summed E-state index contributed by atoms with van der Waals surface area (Å²) < 4.78 is 0. The molecule has 16 heavy (non-hydrogen) atoms. The zero-order chi connectivity index (χ0) is 11.4. The van der Waals surface area contributed by atoms with Gasteiger partial charge in [-0.1, -0.05) is 30.3 Å². The molecule has 1 N–H and O–H groups in total. The molecule has 0 bridgehead atoms. The minimum Gasteiger partial charge on any atom is -0.481 e. The van der Waals surface area contributed by atoms with E-state index in [0.717, 1.165) is 25.9 Å². The number of benzene rings is 1. The average Bonchev–Trinajstić information content (AvgIpc) is 2.66. The molecule has 0 amide bonds. The fourth-order valence-electron chi connectivity index (χ4n) is 2.35. The van der Waals surface area contributed by atoms with Gasteiger partial charge in [0, 0.05) is 12.6 Å². The summed E-state index contributed by atoms with van der Waals surface area (Å²) in [5, 5.41) is 8.83. The van der Waals surface area contributed by atoms with Crippen LogP contribution in [0.3, 0.4) is 0 Å². The molecule has 1 fully saturated rings. The number of carbonyl (C=O) groups is 1.